The molecule has 6 nitrogen and oxygen atoms in total. The zero-order valence-corrected chi connectivity index (χ0v) is 11.7. The Labute approximate surface area is 117 Å². The van der Waals surface area contributed by atoms with E-state index >= 15 is 0 Å². The standard InChI is InChI=1S/C14H19N3O3/c1-3-11-10(7-16(2)15-11)13-9(14(19)20)6-12(18)17(13)8-4-5-8/h7-9,13H,3-6H2,1-2H3,(H,19,20). The molecule has 2 unspecified atom stereocenters. The third-order valence-electron chi connectivity index (χ3n) is 4.21. The van der Waals surface area contributed by atoms with Gasteiger partial charge in [0.05, 0.1) is 17.7 Å². The molecule has 0 bridgehead atoms. The van der Waals surface area contributed by atoms with Crippen LogP contribution in [-0.2, 0) is 23.1 Å². The van der Waals surface area contributed by atoms with Gasteiger partial charge in [-0.05, 0) is 19.3 Å². The maximum Gasteiger partial charge on any atom is 0.309 e. The van der Waals surface area contributed by atoms with Gasteiger partial charge >= 0.3 is 5.97 Å². The van der Waals surface area contributed by atoms with Crippen LogP contribution in [0.1, 0.15) is 43.5 Å². The fourth-order valence-corrected chi connectivity index (χ4v) is 3.20. The second-order valence-corrected chi connectivity index (χ2v) is 5.68. The molecule has 1 saturated heterocycles. The lowest BCUT2D eigenvalue weighted by atomic mass is 9.93. The molecule has 2 heterocycles. The van der Waals surface area contributed by atoms with Crippen molar-refractivity contribution >= 4 is 11.9 Å². The largest absolute Gasteiger partial charge is 0.481 e. The van der Waals surface area contributed by atoms with E-state index in [9.17, 15) is 14.7 Å². The smallest absolute Gasteiger partial charge is 0.309 e. The zero-order chi connectivity index (χ0) is 14.4. The maximum absolute atomic E-state index is 12.2. The van der Waals surface area contributed by atoms with Crippen molar-refractivity contribution in [1.29, 1.82) is 0 Å². The summed E-state index contributed by atoms with van der Waals surface area (Å²) in [6.45, 7) is 2.00. The zero-order valence-electron chi connectivity index (χ0n) is 11.7. The third kappa shape index (κ3) is 1.99. The number of carboxylic acids is 1. The highest BCUT2D eigenvalue weighted by molar-refractivity contribution is 5.87. The Balaban J connectivity index is 2.04. The van der Waals surface area contributed by atoms with Crippen LogP contribution < -0.4 is 0 Å². The number of hydrogen-bond donors (Lipinski definition) is 1. The number of nitrogens with zero attached hydrogens (tertiary/aromatic N) is 3. The number of hydrogen-bond acceptors (Lipinski definition) is 3. The lowest BCUT2D eigenvalue weighted by Crippen LogP contribution is -2.32. The van der Waals surface area contributed by atoms with Crippen LogP contribution in [0.4, 0.5) is 0 Å². The van der Waals surface area contributed by atoms with Crippen LogP contribution in [-0.4, -0.2) is 37.7 Å². The lowest BCUT2D eigenvalue weighted by molar-refractivity contribution is -0.142. The summed E-state index contributed by atoms with van der Waals surface area (Å²) in [7, 11) is 1.83. The first-order valence-electron chi connectivity index (χ1n) is 7.09. The highest BCUT2D eigenvalue weighted by Gasteiger charge is 2.50. The van der Waals surface area contributed by atoms with Crippen molar-refractivity contribution < 1.29 is 14.7 Å². The Bertz CT molecular complexity index is 562. The number of rotatable bonds is 4. The van der Waals surface area contributed by atoms with E-state index in [0.717, 1.165) is 30.5 Å². The summed E-state index contributed by atoms with van der Waals surface area (Å²) in [6.07, 6.45) is 4.68. The Hall–Kier alpha value is -1.85. The van der Waals surface area contributed by atoms with Gasteiger partial charge in [-0.1, -0.05) is 6.92 Å². The summed E-state index contributed by atoms with van der Waals surface area (Å²) in [5, 5.41) is 13.8. The number of aliphatic carboxylic acids is 1. The number of likely N-dealkylation sites (tertiary alicyclic amines) is 1. The SMILES string of the molecule is CCc1nn(C)cc1C1C(C(=O)O)CC(=O)N1C1CC1. The molecule has 1 aliphatic carbocycles. The number of carbonyl (C=O) groups is 2. The molecular formula is C14H19N3O3. The average molecular weight is 277 g/mol. The van der Waals surface area contributed by atoms with Gasteiger partial charge in [-0.15, -0.1) is 0 Å². The summed E-state index contributed by atoms with van der Waals surface area (Å²) in [5.41, 5.74) is 1.80. The molecule has 1 aromatic heterocycles. The molecule has 0 aromatic carbocycles. The molecule has 3 rings (SSSR count). The Kier molecular flexibility index (Phi) is 3.03. The van der Waals surface area contributed by atoms with Gasteiger partial charge in [0, 0.05) is 31.3 Å². The monoisotopic (exact) mass is 277 g/mol. The molecule has 1 amide bonds. The predicted octanol–water partition coefficient (Wildman–Crippen LogP) is 1.12. The predicted molar refractivity (Wildman–Crippen MR) is 70.9 cm³/mol. The van der Waals surface area contributed by atoms with E-state index in [-0.39, 0.29) is 24.4 Å². The van der Waals surface area contributed by atoms with Crippen molar-refractivity contribution in [1.82, 2.24) is 14.7 Å². The van der Waals surface area contributed by atoms with Gasteiger partial charge in [-0.25, -0.2) is 0 Å². The third-order valence-corrected chi connectivity index (χ3v) is 4.21. The van der Waals surface area contributed by atoms with Gasteiger partial charge in [0.2, 0.25) is 5.91 Å². The minimum absolute atomic E-state index is 0.0317. The van der Waals surface area contributed by atoms with Crippen molar-refractivity contribution in [3.05, 3.63) is 17.5 Å². The Morgan fingerprint density at radius 3 is 2.75 bits per heavy atom. The maximum atomic E-state index is 12.2. The molecule has 1 aliphatic heterocycles. The van der Waals surface area contributed by atoms with Gasteiger partial charge in [-0.3, -0.25) is 14.3 Å². The number of carbonyl (C=O) groups excluding carboxylic acids is 1. The molecule has 2 aliphatic rings. The minimum Gasteiger partial charge on any atom is -0.481 e. The molecule has 6 heteroatoms. The van der Waals surface area contributed by atoms with Crippen molar-refractivity contribution in [2.75, 3.05) is 0 Å². The molecule has 1 aromatic rings. The molecule has 20 heavy (non-hydrogen) atoms. The van der Waals surface area contributed by atoms with Gasteiger partial charge < -0.3 is 10.0 Å². The van der Waals surface area contributed by atoms with Gasteiger partial charge in [0.1, 0.15) is 0 Å². The first-order chi connectivity index (χ1) is 9.52. The van der Waals surface area contributed by atoms with E-state index in [2.05, 4.69) is 5.10 Å². The van der Waals surface area contributed by atoms with E-state index in [1.165, 1.54) is 0 Å². The van der Waals surface area contributed by atoms with Crippen LogP contribution in [0.2, 0.25) is 0 Å². The van der Waals surface area contributed by atoms with Gasteiger partial charge in [0.15, 0.2) is 0 Å². The molecule has 2 fully saturated rings. The first-order valence-corrected chi connectivity index (χ1v) is 7.09. The highest BCUT2D eigenvalue weighted by Crippen LogP contribution is 2.45. The first kappa shape index (κ1) is 13.1. The topological polar surface area (TPSA) is 75.4 Å². The number of carboxylic acid groups (broad SMARTS) is 1. The number of aryl methyl sites for hydroxylation is 2. The van der Waals surface area contributed by atoms with Crippen LogP contribution in [0.25, 0.3) is 0 Å². The van der Waals surface area contributed by atoms with Crippen LogP contribution in [0.3, 0.4) is 0 Å². The van der Waals surface area contributed by atoms with E-state index in [1.54, 1.807) is 9.58 Å². The van der Waals surface area contributed by atoms with Crippen molar-refractivity contribution in [2.24, 2.45) is 13.0 Å². The molecule has 1 N–H and O–H groups in total. The second-order valence-electron chi connectivity index (χ2n) is 5.68. The summed E-state index contributed by atoms with van der Waals surface area (Å²) in [5.74, 6) is -1.58. The highest BCUT2D eigenvalue weighted by atomic mass is 16.4. The van der Waals surface area contributed by atoms with E-state index in [1.807, 2.05) is 20.2 Å². The van der Waals surface area contributed by atoms with Crippen LogP contribution in [0.15, 0.2) is 6.20 Å². The van der Waals surface area contributed by atoms with Crippen molar-refractivity contribution in [2.45, 2.75) is 44.7 Å². The Morgan fingerprint density at radius 1 is 1.50 bits per heavy atom. The molecule has 2 atom stereocenters. The fraction of sp³-hybridized carbons (Fsp3) is 0.643. The normalized spacial score (nSPS) is 26.3. The lowest BCUT2D eigenvalue weighted by Gasteiger charge is -2.26. The van der Waals surface area contributed by atoms with Crippen LogP contribution in [0.5, 0.6) is 0 Å². The average Bonchev–Trinajstić information content (AvgIpc) is 3.07. The van der Waals surface area contributed by atoms with Crippen molar-refractivity contribution in [3.63, 3.8) is 0 Å². The molecular weight excluding hydrogens is 258 g/mol. The molecule has 108 valence electrons. The second kappa shape index (κ2) is 4.61. The summed E-state index contributed by atoms with van der Waals surface area (Å²) in [4.78, 5) is 25.5. The van der Waals surface area contributed by atoms with Crippen LogP contribution >= 0.6 is 0 Å². The molecule has 0 spiro atoms. The summed E-state index contributed by atoms with van der Waals surface area (Å²) in [6, 6.07) is -0.127. The van der Waals surface area contributed by atoms with E-state index < -0.39 is 11.9 Å². The molecule has 1 saturated carbocycles. The van der Waals surface area contributed by atoms with Crippen LogP contribution in [0, 0.1) is 5.92 Å². The van der Waals surface area contributed by atoms with Gasteiger partial charge in [-0.2, -0.15) is 5.10 Å². The van der Waals surface area contributed by atoms with Gasteiger partial charge in [0.25, 0.3) is 0 Å². The Morgan fingerprint density at radius 2 is 2.20 bits per heavy atom. The van der Waals surface area contributed by atoms with Crippen molar-refractivity contribution in [3.8, 4) is 0 Å². The summed E-state index contributed by atoms with van der Waals surface area (Å²) < 4.78 is 1.71. The quantitative estimate of drug-likeness (QED) is 0.894. The minimum atomic E-state index is -0.891. The number of aromatic nitrogens is 2. The number of amides is 1. The molecule has 0 radical (unpaired) electrons. The summed E-state index contributed by atoms with van der Waals surface area (Å²) >= 11 is 0. The van der Waals surface area contributed by atoms with E-state index in [0.29, 0.717) is 0 Å². The fourth-order valence-electron chi connectivity index (χ4n) is 3.20. The van der Waals surface area contributed by atoms with E-state index in [4.69, 9.17) is 0 Å².